The number of piperazine rings is 1. The molecule has 4 amide bonds. The number of halogens is 1. The molecule has 220 valence electrons. The van der Waals surface area contributed by atoms with Crippen LogP contribution in [0, 0.1) is 5.82 Å². The highest BCUT2D eigenvalue weighted by Gasteiger charge is 2.51. The maximum Gasteiger partial charge on any atom is 0.332 e. The fourth-order valence-corrected chi connectivity index (χ4v) is 5.62. The summed E-state index contributed by atoms with van der Waals surface area (Å²) >= 11 is 0. The molecular formula is C31H35FN6O4. The quantitative estimate of drug-likeness (QED) is 0.430. The number of hydrogen-bond donors (Lipinski definition) is 2. The molecule has 3 aromatic carbocycles. The van der Waals surface area contributed by atoms with Crippen molar-refractivity contribution in [3.63, 3.8) is 0 Å². The van der Waals surface area contributed by atoms with E-state index >= 15 is 4.39 Å². The van der Waals surface area contributed by atoms with Crippen LogP contribution in [0.3, 0.4) is 0 Å². The molecule has 42 heavy (non-hydrogen) atoms. The molecule has 0 aromatic heterocycles. The van der Waals surface area contributed by atoms with Gasteiger partial charge in [0.05, 0.1) is 19.6 Å². The third kappa shape index (κ3) is 5.87. The highest BCUT2D eigenvalue weighted by molar-refractivity contribution is 5.92. The Kier molecular flexibility index (Phi) is 8.30. The summed E-state index contributed by atoms with van der Waals surface area (Å²) in [6.45, 7) is 0.320. The predicted octanol–water partition coefficient (Wildman–Crippen LogP) is 2.78. The molecule has 0 spiro atoms. The van der Waals surface area contributed by atoms with Crippen LogP contribution in [0.4, 0.5) is 14.9 Å². The fourth-order valence-electron chi connectivity index (χ4n) is 5.62. The minimum absolute atomic E-state index is 0.00138. The second-order valence-electron chi connectivity index (χ2n) is 10.8. The molecule has 11 heteroatoms. The number of hydrogen-bond acceptors (Lipinski definition) is 6. The average Bonchev–Trinajstić information content (AvgIpc) is 3.31. The molecule has 3 aromatic rings. The number of amides is 4. The van der Waals surface area contributed by atoms with Crippen molar-refractivity contribution in [3.8, 4) is 5.75 Å². The molecule has 2 heterocycles. The van der Waals surface area contributed by atoms with Crippen LogP contribution in [0.2, 0.25) is 0 Å². The number of phenols is 1. The zero-order valence-electron chi connectivity index (χ0n) is 23.9. The lowest BCUT2D eigenvalue weighted by Crippen LogP contribution is -2.65. The molecule has 0 saturated carbocycles. The second kappa shape index (κ2) is 12.1. The Labute approximate surface area is 244 Å². The second-order valence-corrected chi connectivity index (χ2v) is 10.8. The third-order valence-electron chi connectivity index (χ3n) is 7.82. The van der Waals surface area contributed by atoms with E-state index in [0.717, 1.165) is 11.1 Å². The Morgan fingerprint density at radius 3 is 2.38 bits per heavy atom. The molecule has 0 bridgehead atoms. The molecule has 0 aliphatic carbocycles. The molecule has 0 unspecified atom stereocenters. The molecule has 2 aliphatic heterocycles. The van der Waals surface area contributed by atoms with Gasteiger partial charge in [-0.25, -0.2) is 9.18 Å². The molecule has 5 rings (SSSR count). The Balaban J connectivity index is 1.44. The van der Waals surface area contributed by atoms with E-state index in [2.05, 4.69) is 5.32 Å². The summed E-state index contributed by atoms with van der Waals surface area (Å²) in [6, 6.07) is 19.5. The third-order valence-corrected chi connectivity index (χ3v) is 7.82. The van der Waals surface area contributed by atoms with Crippen LogP contribution in [0.5, 0.6) is 5.75 Å². The Bertz CT molecular complexity index is 1450. The number of fused-ring (bicyclic) bond motifs is 1. The number of benzene rings is 3. The van der Waals surface area contributed by atoms with Gasteiger partial charge < -0.3 is 25.1 Å². The van der Waals surface area contributed by atoms with Crippen LogP contribution in [-0.4, -0.2) is 89.2 Å². The lowest BCUT2D eigenvalue weighted by atomic mass is 9.99. The van der Waals surface area contributed by atoms with Crippen molar-refractivity contribution in [2.45, 2.75) is 31.7 Å². The van der Waals surface area contributed by atoms with Crippen molar-refractivity contribution in [2.75, 3.05) is 39.1 Å². The summed E-state index contributed by atoms with van der Waals surface area (Å²) < 4.78 is 15.1. The minimum atomic E-state index is -0.874. The summed E-state index contributed by atoms with van der Waals surface area (Å²) in [4.78, 5) is 45.5. The van der Waals surface area contributed by atoms with Gasteiger partial charge in [0.25, 0.3) is 0 Å². The molecular weight excluding hydrogens is 539 g/mol. The molecule has 2 aliphatic rings. The van der Waals surface area contributed by atoms with Gasteiger partial charge in [-0.05, 0) is 35.4 Å². The smallest absolute Gasteiger partial charge is 0.332 e. The first-order valence-corrected chi connectivity index (χ1v) is 13.8. The summed E-state index contributed by atoms with van der Waals surface area (Å²) in [5.74, 6) is -0.920. The number of nitrogens with one attached hydrogen (secondary N) is 1. The maximum atomic E-state index is 15.1. The number of hydrazine groups is 1. The molecule has 10 nitrogen and oxygen atoms in total. The lowest BCUT2D eigenvalue weighted by molar-refractivity contribution is -0.157. The number of phenolic OH excluding ortho intramolecular Hbond substituents is 1. The number of anilines is 1. The number of carbonyl (C=O) groups is 3. The molecule has 2 N–H and O–H groups in total. The van der Waals surface area contributed by atoms with Crippen LogP contribution in [-0.2, 0) is 29.1 Å². The average molecular weight is 575 g/mol. The van der Waals surface area contributed by atoms with Crippen molar-refractivity contribution in [3.05, 3.63) is 95.3 Å². The summed E-state index contributed by atoms with van der Waals surface area (Å²) in [5, 5.41) is 15.7. The van der Waals surface area contributed by atoms with E-state index in [1.54, 1.807) is 51.0 Å². The Hall–Kier alpha value is -4.64. The standard InChI is InChI=1S/C31H35FN6O4/c1-34(2)26-11-7-10-25(32)24(26)18-36-19-28-37(35(3)31(42)33-17-22-8-5-4-6-9-22)20-29(40)38(28)27(30(36)41)16-21-12-14-23(39)15-13-21/h4-15,27-28,39H,16-20H2,1-3H3,(H,33,42)/t27-,28+/m0/s1. The number of urea groups is 1. The zero-order chi connectivity index (χ0) is 30.0. The van der Waals surface area contributed by atoms with E-state index in [1.165, 1.54) is 23.2 Å². The van der Waals surface area contributed by atoms with Crippen molar-refractivity contribution in [2.24, 2.45) is 0 Å². The predicted molar refractivity (Wildman–Crippen MR) is 156 cm³/mol. The highest BCUT2D eigenvalue weighted by Crippen LogP contribution is 2.32. The normalized spacial score (nSPS) is 18.7. The number of rotatable bonds is 8. The van der Waals surface area contributed by atoms with Crippen LogP contribution in [0.15, 0.2) is 72.8 Å². The van der Waals surface area contributed by atoms with Gasteiger partial charge in [0.15, 0.2) is 0 Å². The highest BCUT2D eigenvalue weighted by atomic mass is 19.1. The van der Waals surface area contributed by atoms with E-state index in [1.807, 2.05) is 44.4 Å². The Morgan fingerprint density at radius 1 is 0.976 bits per heavy atom. The van der Waals surface area contributed by atoms with Crippen LogP contribution < -0.4 is 10.2 Å². The number of nitrogens with zero attached hydrogens (tertiary/aromatic N) is 5. The van der Waals surface area contributed by atoms with Crippen LogP contribution >= 0.6 is 0 Å². The monoisotopic (exact) mass is 574 g/mol. The maximum absolute atomic E-state index is 15.1. The van der Waals surface area contributed by atoms with Crippen molar-refractivity contribution in [1.29, 1.82) is 0 Å². The number of carbonyl (C=O) groups excluding carboxylic acids is 3. The molecule has 0 radical (unpaired) electrons. The molecule has 2 atom stereocenters. The van der Waals surface area contributed by atoms with Crippen molar-refractivity contribution in [1.82, 2.24) is 25.1 Å². The SMILES string of the molecule is CN(C)c1cccc(F)c1CN1C[C@H]2N(C(=O)CN2N(C)C(=O)NCc2ccccc2)[C@@H](Cc2ccc(O)cc2)C1=O. The topological polar surface area (TPSA) is 99.7 Å². The van der Waals surface area contributed by atoms with Gasteiger partial charge in [-0.3, -0.25) is 14.6 Å². The molecule has 2 fully saturated rings. The summed E-state index contributed by atoms with van der Waals surface area (Å²) in [6.07, 6.45) is -0.438. The summed E-state index contributed by atoms with van der Waals surface area (Å²) in [5.41, 5.74) is 2.71. The van der Waals surface area contributed by atoms with Gasteiger partial charge in [-0.15, -0.1) is 0 Å². The van der Waals surface area contributed by atoms with E-state index in [4.69, 9.17) is 0 Å². The van der Waals surface area contributed by atoms with E-state index in [0.29, 0.717) is 17.8 Å². The minimum Gasteiger partial charge on any atom is -0.508 e. The van der Waals surface area contributed by atoms with Gasteiger partial charge in [0.2, 0.25) is 11.8 Å². The Morgan fingerprint density at radius 2 is 1.69 bits per heavy atom. The zero-order valence-corrected chi connectivity index (χ0v) is 23.9. The first kappa shape index (κ1) is 28.9. The number of aromatic hydroxyl groups is 1. The summed E-state index contributed by atoms with van der Waals surface area (Å²) in [7, 11) is 5.21. The van der Waals surface area contributed by atoms with Crippen LogP contribution in [0.1, 0.15) is 16.7 Å². The van der Waals surface area contributed by atoms with Gasteiger partial charge in [0, 0.05) is 45.4 Å². The van der Waals surface area contributed by atoms with Crippen molar-refractivity contribution < 1.29 is 23.9 Å². The van der Waals surface area contributed by atoms with Crippen molar-refractivity contribution >= 4 is 23.5 Å². The van der Waals surface area contributed by atoms with Gasteiger partial charge in [-0.1, -0.05) is 48.5 Å². The lowest BCUT2D eigenvalue weighted by Gasteiger charge is -2.46. The van der Waals surface area contributed by atoms with Gasteiger partial charge >= 0.3 is 6.03 Å². The van der Waals surface area contributed by atoms with Crippen LogP contribution in [0.25, 0.3) is 0 Å². The first-order chi connectivity index (χ1) is 20.1. The van der Waals surface area contributed by atoms with Gasteiger partial charge in [0.1, 0.15) is 23.8 Å². The van der Waals surface area contributed by atoms with E-state index < -0.39 is 24.1 Å². The molecule has 2 saturated heterocycles. The van der Waals surface area contributed by atoms with E-state index in [9.17, 15) is 19.5 Å². The fraction of sp³-hybridized carbons (Fsp3) is 0.323. The first-order valence-electron chi connectivity index (χ1n) is 13.8. The van der Waals surface area contributed by atoms with E-state index in [-0.39, 0.29) is 43.6 Å². The van der Waals surface area contributed by atoms with Gasteiger partial charge in [-0.2, -0.15) is 5.01 Å². The largest absolute Gasteiger partial charge is 0.508 e.